The average molecular weight is 360 g/mol. The number of nitrogens with one attached hydrogen (secondary N) is 2. The number of hydrogen-bond donors (Lipinski definition) is 2. The monoisotopic (exact) mass is 360 g/mol. The predicted molar refractivity (Wildman–Crippen MR) is 102 cm³/mol. The number of hydrogen-bond acceptors (Lipinski definition) is 4. The topological polar surface area (TPSA) is 84.0 Å². The van der Waals surface area contributed by atoms with E-state index in [-0.39, 0.29) is 11.8 Å². The summed E-state index contributed by atoms with van der Waals surface area (Å²) < 4.78 is 0. The van der Waals surface area contributed by atoms with Crippen molar-refractivity contribution < 1.29 is 9.59 Å². The lowest BCUT2D eigenvalue weighted by Crippen LogP contribution is -2.27. The maximum atomic E-state index is 12.3. The van der Waals surface area contributed by atoms with Crippen molar-refractivity contribution in [3.05, 3.63) is 95.6 Å². The third-order valence-corrected chi connectivity index (χ3v) is 3.96. The first-order valence-electron chi connectivity index (χ1n) is 8.67. The van der Waals surface area contributed by atoms with Crippen LogP contribution in [0.5, 0.6) is 0 Å². The van der Waals surface area contributed by atoms with E-state index in [0.29, 0.717) is 24.2 Å². The van der Waals surface area contributed by atoms with E-state index >= 15 is 0 Å². The Morgan fingerprint density at radius 2 is 1.56 bits per heavy atom. The van der Waals surface area contributed by atoms with E-state index in [0.717, 1.165) is 17.7 Å². The fourth-order valence-corrected chi connectivity index (χ4v) is 2.53. The molecule has 0 saturated heterocycles. The molecule has 0 radical (unpaired) electrons. The molecule has 27 heavy (non-hydrogen) atoms. The number of carbonyl (C=O) groups is 2. The lowest BCUT2D eigenvalue weighted by Gasteiger charge is -2.08. The van der Waals surface area contributed by atoms with Crippen LogP contribution in [0.15, 0.2) is 73.2 Å². The minimum Gasteiger partial charge on any atom is -0.352 e. The highest BCUT2D eigenvalue weighted by atomic mass is 16.2. The van der Waals surface area contributed by atoms with E-state index in [2.05, 4.69) is 20.6 Å². The summed E-state index contributed by atoms with van der Waals surface area (Å²) in [6.45, 7) is 0.826. The molecule has 2 aromatic heterocycles. The van der Waals surface area contributed by atoms with Crippen LogP contribution in [0.4, 0.5) is 0 Å². The molecule has 0 spiro atoms. The average Bonchev–Trinajstić information content (AvgIpc) is 2.73. The molecule has 2 amide bonds. The largest absolute Gasteiger partial charge is 0.352 e. The lowest BCUT2D eigenvalue weighted by atomic mass is 10.1. The molecular formula is C21H20N4O2. The Bertz CT molecular complexity index is 898. The maximum absolute atomic E-state index is 12.3. The van der Waals surface area contributed by atoms with Crippen LogP contribution in [0.2, 0.25) is 0 Å². The van der Waals surface area contributed by atoms with Gasteiger partial charge in [-0.05, 0) is 30.2 Å². The predicted octanol–water partition coefficient (Wildman–Crippen LogP) is 2.38. The van der Waals surface area contributed by atoms with Gasteiger partial charge in [-0.2, -0.15) is 0 Å². The van der Waals surface area contributed by atoms with E-state index in [1.54, 1.807) is 12.3 Å². The van der Waals surface area contributed by atoms with Crippen LogP contribution in [-0.4, -0.2) is 28.3 Å². The first-order valence-corrected chi connectivity index (χ1v) is 8.67. The van der Waals surface area contributed by atoms with Crippen molar-refractivity contribution in [3.63, 3.8) is 0 Å². The van der Waals surface area contributed by atoms with Crippen molar-refractivity contribution >= 4 is 11.8 Å². The van der Waals surface area contributed by atoms with E-state index in [9.17, 15) is 9.59 Å². The zero-order chi connectivity index (χ0) is 18.9. The summed E-state index contributed by atoms with van der Waals surface area (Å²) in [5.74, 6) is -0.551. The zero-order valence-electron chi connectivity index (χ0n) is 14.8. The molecule has 0 unspecified atom stereocenters. The van der Waals surface area contributed by atoms with Crippen LogP contribution in [0.25, 0.3) is 0 Å². The Morgan fingerprint density at radius 3 is 2.26 bits per heavy atom. The minimum atomic E-state index is -0.299. The highest BCUT2D eigenvalue weighted by Gasteiger charge is 2.11. The van der Waals surface area contributed by atoms with Gasteiger partial charge >= 0.3 is 0 Å². The standard InChI is InChI=1S/C21H20N4O2/c26-20(24-11-9-16-6-2-1-3-7-16)17-12-18(14-22-13-17)21(27)25-15-19-8-4-5-10-23-19/h1-8,10,12-14H,9,11,15H2,(H,24,26)(H,25,27). The normalized spacial score (nSPS) is 10.2. The van der Waals surface area contributed by atoms with Gasteiger partial charge in [-0.1, -0.05) is 36.4 Å². The van der Waals surface area contributed by atoms with Crippen molar-refractivity contribution in [2.75, 3.05) is 6.54 Å². The second-order valence-electron chi connectivity index (χ2n) is 5.96. The summed E-state index contributed by atoms with van der Waals surface area (Å²) in [4.78, 5) is 32.7. The smallest absolute Gasteiger partial charge is 0.253 e. The number of aromatic nitrogens is 2. The second kappa shape index (κ2) is 9.24. The first kappa shape index (κ1) is 18.3. The van der Waals surface area contributed by atoms with E-state index in [4.69, 9.17) is 0 Å². The fraction of sp³-hybridized carbons (Fsp3) is 0.143. The molecule has 0 saturated carbocycles. The van der Waals surface area contributed by atoms with Crippen molar-refractivity contribution in [3.8, 4) is 0 Å². The summed E-state index contributed by atoms with van der Waals surface area (Å²) in [6.07, 6.45) is 5.30. The van der Waals surface area contributed by atoms with E-state index in [1.807, 2.05) is 48.5 Å². The highest BCUT2D eigenvalue weighted by Crippen LogP contribution is 2.04. The number of benzene rings is 1. The minimum absolute atomic E-state index is 0.252. The number of pyridine rings is 2. The van der Waals surface area contributed by atoms with Crippen molar-refractivity contribution in [1.29, 1.82) is 0 Å². The quantitative estimate of drug-likeness (QED) is 0.678. The van der Waals surface area contributed by atoms with Gasteiger partial charge in [0.15, 0.2) is 0 Å². The summed E-state index contributed by atoms with van der Waals surface area (Å²) >= 11 is 0. The maximum Gasteiger partial charge on any atom is 0.253 e. The van der Waals surface area contributed by atoms with Crippen LogP contribution in [0, 0.1) is 0 Å². The molecule has 6 nitrogen and oxygen atoms in total. The van der Waals surface area contributed by atoms with Gasteiger partial charge in [0.25, 0.3) is 11.8 Å². The Hall–Kier alpha value is -3.54. The Balaban J connectivity index is 1.54. The third-order valence-electron chi connectivity index (χ3n) is 3.96. The number of nitrogens with zero attached hydrogens (tertiary/aromatic N) is 2. The molecule has 0 bridgehead atoms. The Labute approximate surface area is 157 Å². The van der Waals surface area contributed by atoms with Crippen LogP contribution in [-0.2, 0) is 13.0 Å². The lowest BCUT2D eigenvalue weighted by molar-refractivity contribution is 0.0950. The summed E-state index contributed by atoms with van der Waals surface area (Å²) in [5, 5.41) is 5.62. The Kier molecular flexibility index (Phi) is 6.25. The molecule has 0 aliphatic rings. The molecule has 0 atom stereocenters. The molecule has 6 heteroatoms. The van der Waals surface area contributed by atoms with Crippen LogP contribution < -0.4 is 10.6 Å². The van der Waals surface area contributed by atoms with E-state index in [1.165, 1.54) is 12.4 Å². The van der Waals surface area contributed by atoms with Crippen molar-refractivity contribution in [2.24, 2.45) is 0 Å². The van der Waals surface area contributed by atoms with Crippen molar-refractivity contribution in [1.82, 2.24) is 20.6 Å². The Morgan fingerprint density at radius 1 is 0.852 bits per heavy atom. The first-order chi connectivity index (χ1) is 13.2. The van der Waals surface area contributed by atoms with Gasteiger partial charge in [-0.25, -0.2) is 0 Å². The van der Waals surface area contributed by atoms with Gasteiger partial charge < -0.3 is 10.6 Å². The molecule has 0 aliphatic heterocycles. The molecule has 2 heterocycles. The third kappa shape index (κ3) is 5.47. The van der Waals surface area contributed by atoms with Crippen LogP contribution >= 0.6 is 0 Å². The molecule has 0 aliphatic carbocycles. The highest BCUT2D eigenvalue weighted by molar-refractivity contribution is 5.99. The molecule has 3 rings (SSSR count). The molecular weight excluding hydrogens is 340 g/mol. The number of amides is 2. The molecule has 0 fully saturated rings. The molecule has 136 valence electrons. The van der Waals surface area contributed by atoms with Crippen LogP contribution in [0.3, 0.4) is 0 Å². The zero-order valence-corrected chi connectivity index (χ0v) is 14.8. The SMILES string of the molecule is O=C(NCCc1ccccc1)c1cncc(C(=O)NCc2ccccn2)c1. The number of carbonyl (C=O) groups excluding carboxylic acids is 2. The van der Waals surface area contributed by atoms with Crippen LogP contribution in [0.1, 0.15) is 32.0 Å². The van der Waals surface area contributed by atoms with Gasteiger partial charge in [0.05, 0.1) is 23.4 Å². The molecule has 1 aromatic carbocycles. The van der Waals surface area contributed by atoms with Gasteiger partial charge in [0.1, 0.15) is 0 Å². The summed E-state index contributed by atoms with van der Waals surface area (Å²) in [6, 6.07) is 17.0. The molecule has 2 N–H and O–H groups in total. The van der Waals surface area contributed by atoms with Gasteiger partial charge in [-0.3, -0.25) is 19.6 Å². The summed E-state index contributed by atoms with van der Waals surface area (Å²) in [5.41, 5.74) is 2.60. The van der Waals surface area contributed by atoms with Gasteiger partial charge in [-0.15, -0.1) is 0 Å². The van der Waals surface area contributed by atoms with Gasteiger partial charge in [0, 0.05) is 25.1 Å². The fourth-order valence-electron chi connectivity index (χ4n) is 2.53. The second-order valence-corrected chi connectivity index (χ2v) is 5.96. The summed E-state index contributed by atoms with van der Waals surface area (Å²) in [7, 11) is 0. The number of rotatable bonds is 7. The van der Waals surface area contributed by atoms with Gasteiger partial charge in [0.2, 0.25) is 0 Å². The van der Waals surface area contributed by atoms with Crippen molar-refractivity contribution in [2.45, 2.75) is 13.0 Å². The molecule has 3 aromatic rings. The van der Waals surface area contributed by atoms with E-state index < -0.39 is 0 Å².